The molecule has 0 bridgehead atoms. The molecule has 1 N–H and O–H groups in total. The number of benzene rings is 1. The van der Waals surface area contributed by atoms with E-state index in [1.807, 2.05) is 25.4 Å². The van der Waals surface area contributed by atoms with E-state index in [4.69, 9.17) is 0 Å². The lowest BCUT2D eigenvalue weighted by Crippen LogP contribution is -2.17. The summed E-state index contributed by atoms with van der Waals surface area (Å²) in [7, 11) is 1.85. The van der Waals surface area contributed by atoms with E-state index in [1.165, 1.54) is 12.1 Å². The van der Waals surface area contributed by atoms with Crippen molar-refractivity contribution in [2.45, 2.75) is 13.0 Å². The van der Waals surface area contributed by atoms with Gasteiger partial charge in [0.2, 0.25) is 0 Å². The van der Waals surface area contributed by atoms with Crippen molar-refractivity contribution in [2.75, 3.05) is 7.05 Å². The molecule has 2 nitrogen and oxygen atoms in total. The Morgan fingerprint density at radius 1 is 1.44 bits per heavy atom. The van der Waals surface area contributed by atoms with Crippen LogP contribution in [0, 0.1) is 12.7 Å². The molecule has 1 atom stereocenters. The van der Waals surface area contributed by atoms with E-state index >= 15 is 0 Å². The van der Waals surface area contributed by atoms with Crippen LogP contribution in [0.2, 0.25) is 0 Å². The molecule has 0 aliphatic heterocycles. The topological polar surface area (TPSA) is 24.9 Å². The van der Waals surface area contributed by atoms with E-state index < -0.39 is 0 Å². The highest BCUT2D eigenvalue weighted by atomic mass is 32.1. The molecule has 2 rings (SSSR count). The Hall–Kier alpha value is -1.26. The number of aromatic nitrogens is 1. The number of aryl methyl sites for hydroxylation is 1. The third kappa shape index (κ3) is 2.28. The Balaban J connectivity index is 2.36. The highest BCUT2D eigenvalue weighted by Gasteiger charge is 2.15. The van der Waals surface area contributed by atoms with Crippen LogP contribution in [0.1, 0.15) is 22.3 Å². The predicted octanol–water partition coefficient (Wildman–Crippen LogP) is 2.90. The summed E-state index contributed by atoms with van der Waals surface area (Å²) in [6, 6.07) is 6.58. The van der Waals surface area contributed by atoms with Crippen LogP contribution in [0.25, 0.3) is 0 Å². The molecule has 0 saturated carbocycles. The van der Waals surface area contributed by atoms with Crippen LogP contribution in [0.3, 0.4) is 0 Å². The first-order chi connectivity index (χ1) is 7.70. The van der Waals surface area contributed by atoms with Gasteiger partial charge in [-0.1, -0.05) is 12.1 Å². The van der Waals surface area contributed by atoms with Crippen molar-refractivity contribution < 1.29 is 4.39 Å². The second-order valence-corrected chi connectivity index (χ2v) is 4.49. The number of hydrogen-bond acceptors (Lipinski definition) is 3. The lowest BCUT2D eigenvalue weighted by molar-refractivity contribution is 0.616. The average molecular weight is 236 g/mol. The highest BCUT2D eigenvalue weighted by molar-refractivity contribution is 7.09. The molecule has 0 fully saturated rings. The van der Waals surface area contributed by atoms with Gasteiger partial charge < -0.3 is 5.32 Å². The molecular formula is C12H13FN2S. The van der Waals surface area contributed by atoms with Crippen molar-refractivity contribution in [3.8, 4) is 0 Å². The molecule has 0 aliphatic rings. The second-order valence-electron chi connectivity index (χ2n) is 3.60. The number of rotatable bonds is 3. The van der Waals surface area contributed by atoms with Crippen molar-refractivity contribution in [3.05, 3.63) is 51.7 Å². The van der Waals surface area contributed by atoms with Crippen LogP contribution >= 0.6 is 11.3 Å². The van der Waals surface area contributed by atoms with Gasteiger partial charge in [-0.2, -0.15) is 0 Å². The molecule has 0 aliphatic carbocycles. The van der Waals surface area contributed by atoms with Crippen molar-refractivity contribution in [1.29, 1.82) is 0 Å². The molecule has 1 aromatic carbocycles. The Labute approximate surface area is 98.2 Å². The number of thiazole rings is 1. The number of halogens is 1. The first-order valence-electron chi connectivity index (χ1n) is 5.05. The van der Waals surface area contributed by atoms with Crippen LogP contribution in [0.4, 0.5) is 4.39 Å². The fraction of sp³-hybridized carbons (Fsp3) is 0.250. The molecule has 0 radical (unpaired) electrons. The molecule has 1 unspecified atom stereocenters. The molecule has 4 heteroatoms. The molecule has 1 heterocycles. The van der Waals surface area contributed by atoms with Gasteiger partial charge >= 0.3 is 0 Å². The van der Waals surface area contributed by atoms with Crippen LogP contribution < -0.4 is 5.32 Å². The SMILES string of the molecule is CNC(c1cccc(F)c1)c1nc(C)cs1. The van der Waals surface area contributed by atoms with Crippen molar-refractivity contribution in [2.24, 2.45) is 0 Å². The summed E-state index contributed by atoms with van der Waals surface area (Å²) < 4.78 is 13.1. The Kier molecular flexibility index (Phi) is 3.31. The molecule has 0 amide bonds. The first kappa shape index (κ1) is 11.2. The van der Waals surface area contributed by atoms with Crippen LogP contribution in [0.5, 0.6) is 0 Å². The molecular weight excluding hydrogens is 223 g/mol. The summed E-state index contributed by atoms with van der Waals surface area (Å²) in [5.74, 6) is -0.217. The Morgan fingerprint density at radius 3 is 2.81 bits per heavy atom. The third-order valence-electron chi connectivity index (χ3n) is 2.35. The van der Waals surface area contributed by atoms with Gasteiger partial charge in [-0.3, -0.25) is 0 Å². The van der Waals surface area contributed by atoms with Gasteiger partial charge in [0, 0.05) is 11.1 Å². The van der Waals surface area contributed by atoms with Gasteiger partial charge in [-0.05, 0) is 31.7 Å². The van der Waals surface area contributed by atoms with Gasteiger partial charge in [0.15, 0.2) is 0 Å². The summed E-state index contributed by atoms with van der Waals surface area (Å²) in [6.07, 6.45) is 0. The monoisotopic (exact) mass is 236 g/mol. The highest BCUT2D eigenvalue weighted by Crippen LogP contribution is 2.24. The maximum atomic E-state index is 13.1. The van der Waals surface area contributed by atoms with E-state index in [2.05, 4.69) is 10.3 Å². The number of hydrogen-bond donors (Lipinski definition) is 1. The van der Waals surface area contributed by atoms with Crippen molar-refractivity contribution >= 4 is 11.3 Å². The quantitative estimate of drug-likeness (QED) is 0.886. The maximum Gasteiger partial charge on any atom is 0.123 e. The zero-order chi connectivity index (χ0) is 11.5. The summed E-state index contributed by atoms with van der Waals surface area (Å²) >= 11 is 1.59. The van der Waals surface area contributed by atoms with Crippen molar-refractivity contribution in [3.63, 3.8) is 0 Å². The number of nitrogens with zero attached hydrogens (tertiary/aromatic N) is 1. The number of nitrogens with one attached hydrogen (secondary N) is 1. The lowest BCUT2D eigenvalue weighted by Gasteiger charge is -2.13. The van der Waals surface area contributed by atoms with Crippen LogP contribution in [0.15, 0.2) is 29.6 Å². The zero-order valence-electron chi connectivity index (χ0n) is 9.20. The summed E-state index contributed by atoms with van der Waals surface area (Å²) in [4.78, 5) is 4.42. The Morgan fingerprint density at radius 2 is 2.25 bits per heavy atom. The largest absolute Gasteiger partial charge is 0.307 e. The van der Waals surface area contributed by atoms with Gasteiger partial charge in [0.25, 0.3) is 0 Å². The van der Waals surface area contributed by atoms with E-state index in [9.17, 15) is 4.39 Å². The standard InChI is InChI=1S/C12H13FN2S/c1-8-7-16-12(15-8)11(14-2)9-4-3-5-10(13)6-9/h3-7,11,14H,1-2H3. The molecule has 0 spiro atoms. The van der Waals surface area contributed by atoms with Crippen LogP contribution in [-0.2, 0) is 0 Å². The van der Waals surface area contributed by atoms with E-state index in [0.29, 0.717) is 0 Å². The molecule has 1 aromatic heterocycles. The molecule has 0 saturated heterocycles. The van der Waals surface area contributed by atoms with E-state index in [1.54, 1.807) is 17.4 Å². The fourth-order valence-corrected chi connectivity index (χ4v) is 2.55. The summed E-state index contributed by atoms with van der Waals surface area (Å²) in [6.45, 7) is 1.96. The van der Waals surface area contributed by atoms with Gasteiger partial charge in [-0.25, -0.2) is 9.37 Å². The first-order valence-corrected chi connectivity index (χ1v) is 5.93. The Bertz CT molecular complexity index is 481. The third-order valence-corrected chi connectivity index (χ3v) is 3.38. The lowest BCUT2D eigenvalue weighted by atomic mass is 10.1. The summed E-state index contributed by atoms with van der Waals surface area (Å²) in [5.41, 5.74) is 1.90. The normalized spacial score (nSPS) is 12.7. The zero-order valence-corrected chi connectivity index (χ0v) is 10.0. The fourth-order valence-electron chi connectivity index (χ4n) is 1.62. The average Bonchev–Trinajstić information content (AvgIpc) is 2.66. The smallest absolute Gasteiger partial charge is 0.123 e. The van der Waals surface area contributed by atoms with Gasteiger partial charge in [0.1, 0.15) is 10.8 Å². The van der Waals surface area contributed by atoms with Gasteiger partial charge in [0.05, 0.1) is 6.04 Å². The minimum absolute atomic E-state index is 0.0330. The molecule has 16 heavy (non-hydrogen) atoms. The maximum absolute atomic E-state index is 13.1. The summed E-state index contributed by atoms with van der Waals surface area (Å²) in [5, 5.41) is 6.12. The van der Waals surface area contributed by atoms with Gasteiger partial charge in [-0.15, -0.1) is 11.3 Å². The molecule has 2 aromatic rings. The minimum atomic E-state index is -0.217. The predicted molar refractivity (Wildman–Crippen MR) is 64.2 cm³/mol. The van der Waals surface area contributed by atoms with E-state index in [-0.39, 0.29) is 11.9 Å². The molecule has 84 valence electrons. The van der Waals surface area contributed by atoms with Crippen LogP contribution in [-0.4, -0.2) is 12.0 Å². The van der Waals surface area contributed by atoms with E-state index in [0.717, 1.165) is 16.3 Å². The van der Waals surface area contributed by atoms with Crippen molar-refractivity contribution in [1.82, 2.24) is 10.3 Å². The minimum Gasteiger partial charge on any atom is -0.307 e. The second kappa shape index (κ2) is 4.72.